The van der Waals surface area contributed by atoms with E-state index in [4.69, 9.17) is 5.73 Å². The Balaban J connectivity index is 2.33. The van der Waals surface area contributed by atoms with Crippen LogP contribution in [0.1, 0.15) is 0 Å². The van der Waals surface area contributed by atoms with Crippen molar-refractivity contribution >= 4 is 15.7 Å². The summed E-state index contributed by atoms with van der Waals surface area (Å²) >= 11 is 0. The number of rotatable bonds is 2. The third-order valence-electron chi connectivity index (χ3n) is 3.04. The molecule has 0 aliphatic carbocycles. The molecule has 0 radical (unpaired) electrons. The lowest BCUT2D eigenvalue weighted by atomic mass is 10.3. The minimum atomic E-state index is -3.79. The van der Waals surface area contributed by atoms with Crippen LogP contribution in [-0.4, -0.2) is 50.8 Å². The summed E-state index contributed by atoms with van der Waals surface area (Å²) in [6.45, 7) is 2.02. The molecule has 2 rings (SSSR count). The van der Waals surface area contributed by atoms with Crippen LogP contribution >= 0.6 is 0 Å². The lowest BCUT2D eigenvalue weighted by Gasteiger charge is -2.31. The molecule has 1 aliphatic rings. The van der Waals surface area contributed by atoms with E-state index in [0.717, 1.165) is 6.07 Å². The van der Waals surface area contributed by atoms with E-state index in [9.17, 15) is 12.8 Å². The first-order valence-electron chi connectivity index (χ1n) is 5.65. The van der Waals surface area contributed by atoms with E-state index in [1.54, 1.807) is 0 Å². The largest absolute Gasteiger partial charge is 0.399 e. The van der Waals surface area contributed by atoms with E-state index in [-0.39, 0.29) is 10.6 Å². The van der Waals surface area contributed by atoms with Crippen LogP contribution in [0.25, 0.3) is 0 Å². The summed E-state index contributed by atoms with van der Waals surface area (Å²) in [6, 6.07) is 3.60. The fourth-order valence-electron chi connectivity index (χ4n) is 1.89. The maximum Gasteiger partial charge on any atom is 0.246 e. The van der Waals surface area contributed by atoms with Crippen molar-refractivity contribution in [3.8, 4) is 0 Å². The van der Waals surface area contributed by atoms with Crippen LogP contribution in [0.2, 0.25) is 0 Å². The second-order valence-corrected chi connectivity index (χ2v) is 6.30. The molecule has 18 heavy (non-hydrogen) atoms. The van der Waals surface area contributed by atoms with Crippen molar-refractivity contribution < 1.29 is 12.8 Å². The molecule has 0 atom stereocenters. The maximum absolute atomic E-state index is 13.6. The number of anilines is 1. The van der Waals surface area contributed by atoms with Crippen molar-refractivity contribution in [2.24, 2.45) is 0 Å². The predicted octanol–water partition coefficient (Wildman–Crippen LogP) is 0.344. The average molecular weight is 273 g/mol. The Labute approximate surface area is 106 Å². The molecule has 1 aromatic carbocycles. The second kappa shape index (κ2) is 4.83. The van der Waals surface area contributed by atoms with Gasteiger partial charge in [-0.05, 0) is 25.2 Å². The highest BCUT2D eigenvalue weighted by molar-refractivity contribution is 7.89. The average Bonchev–Trinajstić information content (AvgIpc) is 2.32. The number of nitrogen functional groups attached to an aromatic ring is 1. The molecular weight excluding hydrogens is 257 g/mol. The standard InChI is InChI=1S/C11H16FN3O2S/c1-14-4-6-15(7-5-14)18(16,17)11-8-9(13)2-3-10(11)12/h2-3,8H,4-7,13H2,1H3. The van der Waals surface area contributed by atoms with Gasteiger partial charge in [-0.15, -0.1) is 0 Å². The molecule has 0 bridgehead atoms. The molecule has 1 saturated heterocycles. The summed E-state index contributed by atoms with van der Waals surface area (Å²) in [5.74, 6) is -0.761. The van der Waals surface area contributed by atoms with Gasteiger partial charge in [-0.3, -0.25) is 0 Å². The molecule has 0 unspecified atom stereocenters. The predicted molar refractivity (Wildman–Crippen MR) is 67.1 cm³/mol. The Morgan fingerprint density at radius 3 is 2.44 bits per heavy atom. The van der Waals surface area contributed by atoms with Crippen LogP contribution < -0.4 is 5.73 Å². The van der Waals surface area contributed by atoms with Gasteiger partial charge in [0.1, 0.15) is 10.7 Å². The summed E-state index contributed by atoms with van der Waals surface area (Å²) < 4.78 is 39.5. The van der Waals surface area contributed by atoms with Gasteiger partial charge in [0.05, 0.1) is 0 Å². The number of benzene rings is 1. The van der Waals surface area contributed by atoms with Crippen molar-refractivity contribution in [1.29, 1.82) is 0 Å². The first-order valence-corrected chi connectivity index (χ1v) is 7.09. The highest BCUT2D eigenvalue weighted by atomic mass is 32.2. The summed E-state index contributed by atoms with van der Waals surface area (Å²) in [5.41, 5.74) is 5.76. The Kier molecular flexibility index (Phi) is 3.56. The topological polar surface area (TPSA) is 66.6 Å². The van der Waals surface area contributed by atoms with Gasteiger partial charge in [-0.1, -0.05) is 0 Å². The number of likely N-dealkylation sites (N-methyl/N-ethyl adjacent to an activating group) is 1. The molecule has 2 N–H and O–H groups in total. The van der Waals surface area contributed by atoms with Gasteiger partial charge in [-0.25, -0.2) is 12.8 Å². The second-order valence-electron chi connectivity index (χ2n) is 4.40. The molecule has 1 heterocycles. The number of nitrogens with zero attached hydrogens (tertiary/aromatic N) is 2. The summed E-state index contributed by atoms with van der Waals surface area (Å²) in [6.07, 6.45) is 0. The number of piperazine rings is 1. The van der Waals surface area contributed by atoms with Gasteiger partial charge in [-0.2, -0.15) is 4.31 Å². The zero-order valence-electron chi connectivity index (χ0n) is 10.1. The van der Waals surface area contributed by atoms with Gasteiger partial charge in [0.25, 0.3) is 0 Å². The quantitative estimate of drug-likeness (QED) is 0.789. The minimum Gasteiger partial charge on any atom is -0.399 e. The number of sulfonamides is 1. The number of hydrogen-bond acceptors (Lipinski definition) is 4. The van der Waals surface area contributed by atoms with Crippen LogP contribution in [0.3, 0.4) is 0 Å². The fraction of sp³-hybridized carbons (Fsp3) is 0.455. The zero-order valence-corrected chi connectivity index (χ0v) is 11.0. The van der Waals surface area contributed by atoms with Crippen LogP contribution in [0.4, 0.5) is 10.1 Å². The van der Waals surface area contributed by atoms with E-state index in [1.165, 1.54) is 16.4 Å². The van der Waals surface area contributed by atoms with E-state index in [2.05, 4.69) is 0 Å². The molecule has 100 valence electrons. The van der Waals surface area contributed by atoms with Crippen LogP contribution in [0, 0.1) is 5.82 Å². The first kappa shape index (κ1) is 13.3. The number of halogens is 1. The molecule has 1 fully saturated rings. The SMILES string of the molecule is CN1CCN(S(=O)(=O)c2cc(N)ccc2F)CC1. The first-order chi connectivity index (χ1) is 8.41. The van der Waals surface area contributed by atoms with E-state index >= 15 is 0 Å². The Hall–Kier alpha value is -1.18. The van der Waals surface area contributed by atoms with Gasteiger partial charge >= 0.3 is 0 Å². The van der Waals surface area contributed by atoms with E-state index < -0.39 is 15.8 Å². The van der Waals surface area contributed by atoms with Crippen molar-refractivity contribution in [2.75, 3.05) is 39.0 Å². The van der Waals surface area contributed by atoms with Gasteiger partial charge in [0.2, 0.25) is 10.0 Å². The lowest BCUT2D eigenvalue weighted by Crippen LogP contribution is -2.47. The maximum atomic E-state index is 13.6. The monoisotopic (exact) mass is 273 g/mol. The van der Waals surface area contributed by atoms with Crippen molar-refractivity contribution in [3.05, 3.63) is 24.0 Å². The zero-order chi connectivity index (χ0) is 13.3. The number of nitrogens with two attached hydrogens (primary N) is 1. The highest BCUT2D eigenvalue weighted by Gasteiger charge is 2.29. The summed E-state index contributed by atoms with van der Waals surface area (Å²) in [4.78, 5) is 1.69. The molecule has 0 amide bonds. The molecule has 1 aliphatic heterocycles. The van der Waals surface area contributed by atoms with Gasteiger partial charge < -0.3 is 10.6 Å². The molecule has 1 aromatic rings. The summed E-state index contributed by atoms with van der Waals surface area (Å²) in [7, 11) is -1.87. The normalized spacial score (nSPS) is 19.0. The Morgan fingerprint density at radius 2 is 1.83 bits per heavy atom. The molecule has 0 aromatic heterocycles. The van der Waals surface area contributed by atoms with Crippen LogP contribution in [0.5, 0.6) is 0 Å². The Bertz CT molecular complexity index is 539. The highest BCUT2D eigenvalue weighted by Crippen LogP contribution is 2.22. The van der Waals surface area contributed by atoms with Crippen LogP contribution in [0.15, 0.2) is 23.1 Å². The minimum absolute atomic E-state index is 0.240. The lowest BCUT2D eigenvalue weighted by molar-refractivity contribution is 0.222. The fourth-order valence-corrected chi connectivity index (χ4v) is 3.41. The molecule has 5 nitrogen and oxygen atoms in total. The molecule has 7 heteroatoms. The van der Waals surface area contributed by atoms with Gasteiger partial charge in [0, 0.05) is 31.9 Å². The third-order valence-corrected chi connectivity index (χ3v) is 4.95. The van der Waals surface area contributed by atoms with Crippen molar-refractivity contribution in [3.63, 3.8) is 0 Å². The van der Waals surface area contributed by atoms with E-state index in [1.807, 2.05) is 11.9 Å². The summed E-state index contributed by atoms with van der Waals surface area (Å²) in [5, 5.41) is 0. The Morgan fingerprint density at radius 1 is 1.22 bits per heavy atom. The third kappa shape index (κ3) is 2.47. The molecule has 0 spiro atoms. The molecule has 0 saturated carbocycles. The van der Waals surface area contributed by atoms with E-state index in [0.29, 0.717) is 26.2 Å². The molecular formula is C11H16FN3O2S. The van der Waals surface area contributed by atoms with Crippen LogP contribution in [-0.2, 0) is 10.0 Å². The number of hydrogen-bond donors (Lipinski definition) is 1. The van der Waals surface area contributed by atoms with Crippen molar-refractivity contribution in [2.45, 2.75) is 4.90 Å². The smallest absolute Gasteiger partial charge is 0.246 e. The van der Waals surface area contributed by atoms with Crippen molar-refractivity contribution in [1.82, 2.24) is 9.21 Å². The van der Waals surface area contributed by atoms with Gasteiger partial charge in [0.15, 0.2) is 0 Å².